The van der Waals surface area contributed by atoms with E-state index in [2.05, 4.69) is 0 Å². The molecule has 2 N–H and O–H groups in total. The van der Waals surface area contributed by atoms with Gasteiger partial charge in [0.2, 0.25) is 0 Å². The van der Waals surface area contributed by atoms with Crippen molar-refractivity contribution in [3.05, 3.63) is 34.4 Å². The first-order valence-electron chi connectivity index (χ1n) is 4.87. The second-order valence-corrected chi connectivity index (χ2v) is 3.71. The van der Waals surface area contributed by atoms with Gasteiger partial charge in [-0.2, -0.15) is 39.5 Å². The lowest BCUT2D eigenvalue weighted by Crippen LogP contribution is -2.24. The highest BCUT2D eigenvalue weighted by Gasteiger charge is 2.47. The van der Waals surface area contributed by atoms with Crippen molar-refractivity contribution in [1.82, 2.24) is 0 Å². The molecule has 1 aromatic rings. The zero-order valence-electron chi connectivity index (χ0n) is 9.34. The summed E-state index contributed by atoms with van der Waals surface area (Å²) in [5.74, 6) is 0. The van der Waals surface area contributed by atoms with Gasteiger partial charge in [0.1, 0.15) is 0 Å². The van der Waals surface area contributed by atoms with Crippen molar-refractivity contribution in [3.8, 4) is 0 Å². The van der Waals surface area contributed by atoms with E-state index in [0.717, 1.165) is 0 Å². The number of benzene rings is 1. The summed E-state index contributed by atoms with van der Waals surface area (Å²) in [6, 6.07) is -0.301. The molecule has 10 heteroatoms. The van der Waals surface area contributed by atoms with Crippen LogP contribution in [-0.4, -0.2) is 0 Å². The molecule has 0 aliphatic rings. The van der Waals surface area contributed by atoms with E-state index in [-0.39, 0.29) is 12.1 Å². The topological polar surface area (TPSA) is 26.0 Å². The lowest BCUT2D eigenvalue weighted by atomic mass is 9.94. The Morgan fingerprint density at radius 1 is 0.700 bits per heavy atom. The Morgan fingerprint density at radius 3 is 1.40 bits per heavy atom. The first-order chi connectivity index (χ1) is 8.80. The van der Waals surface area contributed by atoms with Crippen molar-refractivity contribution in [3.63, 3.8) is 0 Å². The molecule has 0 radical (unpaired) electrons. The summed E-state index contributed by atoms with van der Waals surface area (Å²) in [5.41, 5.74) is -3.27. The van der Waals surface area contributed by atoms with E-state index in [1.54, 1.807) is 0 Å². The molecule has 1 rings (SSSR count). The number of hydrogen-bond acceptors (Lipinski definition) is 1. The molecule has 20 heavy (non-hydrogen) atoms. The minimum absolute atomic E-state index is 0.0553. The quantitative estimate of drug-likeness (QED) is 0.773. The lowest BCUT2D eigenvalue weighted by Gasteiger charge is -2.22. The number of halogens is 9. The predicted octanol–water partition coefficient (Wildman–Crippen LogP) is 4.20. The molecule has 0 aromatic heterocycles. The third-order valence-corrected chi connectivity index (χ3v) is 2.41. The SMILES string of the molecule is NCc1c(C(F)(F)F)ccc(C(F)(F)F)c1C(F)(F)F. The van der Waals surface area contributed by atoms with Crippen LogP contribution < -0.4 is 5.73 Å². The Morgan fingerprint density at radius 2 is 1.10 bits per heavy atom. The Balaban J connectivity index is 3.79. The second-order valence-electron chi connectivity index (χ2n) is 3.71. The second kappa shape index (κ2) is 4.83. The minimum atomic E-state index is -5.61. The fourth-order valence-corrected chi connectivity index (χ4v) is 1.69. The lowest BCUT2D eigenvalue weighted by molar-refractivity contribution is -0.164. The average molecular weight is 311 g/mol. The zero-order chi connectivity index (χ0) is 15.9. The van der Waals surface area contributed by atoms with E-state index in [9.17, 15) is 39.5 Å². The van der Waals surface area contributed by atoms with E-state index in [4.69, 9.17) is 5.73 Å². The summed E-state index contributed by atoms with van der Waals surface area (Å²) in [6.07, 6.45) is -16.3. The van der Waals surface area contributed by atoms with Crippen molar-refractivity contribution in [2.75, 3.05) is 0 Å². The molecular formula is C10H6F9N. The Kier molecular flexibility index (Phi) is 4.01. The smallest absolute Gasteiger partial charge is 0.326 e. The highest BCUT2D eigenvalue weighted by molar-refractivity contribution is 5.45. The van der Waals surface area contributed by atoms with Gasteiger partial charge in [-0.25, -0.2) is 0 Å². The Hall–Kier alpha value is -1.45. The number of rotatable bonds is 1. The molecule has 0 unspecified atom stereocenters. The van der Waals surface area contributed by atoms with Crippen molar-refractivity contribution >= 4 is 0 Å². The summed E-state index contributed by atoms with van der Waals surface area (Å²) in [4.78, 5) is 0. The zero-order valence-corrected chi connectivity index (χ0v) is 9.34. The number of hydrogen-bond donors (Lipinski definition) is 1. The summed E-state index contributed by atoms with van der Waals surface area (Å²) >= 11 is 0. The van der Waals surface area contributed by atoms with Gasteiger partial charge in [-0.15, -0.1) is 0 Å². The van der Waals surface area contributed by atoms with Gasteiger partial charge in [-0.05, 0) is 17.7 Å². The van der Waals surface area contributed by atoms with Crippen molar-refractivity contribution < 1.29 is 39.5 Å². The van der Waals surface area contributed by atoms with Crippen LogP contribution in [0.25, 0.3) is 0 Å². The molecule has 0 saturated carbocycles. The maximum absolute atomic E-state index is 12.7. The van der Waals surface area contributed by atoms with Gasteiger partial charge >= 0.3 is 18.5 Å². The molecule has 0 saturated heterocycles. The largest absolute Gasteiger partial charge is 0.417 e. The maximum atomic E-state index is 12.7. The minimum Gasteiger partial charge on any atom is -0.326 e. The van der Waals surface area contributed by atoms with Crippen molar-refractivity contribution in [2.45, 2.75) is 25.1 Å². The van der Waals surface area contributed by atoms with Crippen LogP contribution in [0, 0.1) is 0 Å². The van der Waals surface area contributed by atoms with Crippen molar-refractivity contribution in [1.29, 1.82) is 0 Å². The average Bonchev–Trinajstić information content (AvgIpc) is 2.23. The predicted molar refractivity (Wildman–Crippen MR) is 49.3 cm³/mol. The van der Waals surface area contributed by atoms with Crippen molar-refractivity contribution in [2.24, 2.45) is 5.73 Å². The molecule has 1 nitrogen and oxygen atoms in total. The van der Waals surface area contributed by atoms with Crippen LogP contribution in [0.1, 0.15) is 22.3 Å². The number of nitrogens with two attached hydrogens (primary N) is 1. The molecule has 1 aromatic carbocycles. The normalized spacial score (nSPS) is 13.7. The fraction of sp³-hybridized carbons (Fsp3) is 0.400. The van der Waals surface area contributed by atoms with Gasteiger partial charge in [0, 0.05) is 6.54 Å². The van der Waals surface area contributed by atoms with E-state index in [0.29, 0.717) is 0 Å². The molecular weight excluding hydrogens is 305 g/mol. The van der Waals surface area contributed by atoms with Gasteiger partial charge < -0.3 is 5.73 Å². The maximum Gasteiger partial charge on any atom is 0.417 e. The van der Waals surface area contributed by atoms with Gasteiger partial charge in [-0.3, -0.25) is 0 Å². The monoisotopic (exact) mass is 311 g/mol. The Bertz CT molecular complexity index is 495. The van der Waals surface area contributed by atoms with Crippen LogP contribution in [0.2, 0.25) is 0 Å². The van der Waals surface area contributed by atoms with Gasteiger partial charge in [0.15, 0.2) is 0 Å². The van der Waals surface area contributed by atoms with E-state index in [1.165, 1.54) is 0 Å². The Labute approximate surface area is 106 Å². The highest BCUT2D eigenvalue weighted by Crippen LogP contribution is 2.45. The fourth-order valence-electron chi connectivity index (χ4n) is 1.69. The van der Waals surface area contributed by atoms with Crippen LogP contribution >= 0.6 is 0 Å². The molecule has 0 bridgehead atoms. The molecule has 0 fully saturated rings. The summed E-state index contributed by atoms with van der Waals surface area (Å²) in [7, 11) is 0. The van der Waals surface area contributed by atoms with E-state index < -0.39 is 47.3 Å². The highest BCUT2D eigenvalue weighted by atomic mass is 19.4. The van der Waals surface area contributed by atoms with Gasteiger partial charge in [-0.1, -0.05) is 0 Å². The molecule has 0 amide bonds. The summed E-state index contributed by atoms with van der Waals surface area (Å²) in [5, 5.41) is 0. The van der Waals surface area contributed by atoms with Crippen LogP contribution in [0.5, 0.6) is 0 Å². The first kappa shape index (κ1) is 16.6. The van der Waals surface area contributed by atoms with E-state index in [1.807, 2.05) is 0 Å². The van der Waals surface area contributed by atoms with Crippen LogP contribution in [0.4, 0.5) is 39.5 Å². The summed E-state index contributed by atoms with van der Waals surface area (Å²) < 4.78 is 113. The van der Waals surface area contributed by atoms with Gasteiger partial charge in [0.05, 0.1) is 16.7 Å². The third-order valence-electron chi connectivity index (χ3n) is 2.41. The van der Waals surface area contributed by atoms with Crippen LogP contribution in [0.3, 0.4) is 0 Å². The molecule has 114 valence electrons. The molecule has 0 aliphatic heterocycles. The molecule has 0 atom stereocenters. The van der Waals surface area contributed by atoms with Crippen LogP contribution in [0.15, 0.2) is 12.1 Å². The first-order valence-corrected chi connectivity index (χ1v) is 4.87. The molecule has 0 aliphatic carbocycles. The standard InChI is InChI=1S/C10H6F9N/c11-8(12,13)5-1-2-6(9(14,15)16)7(4(5)3-20)10(17,18)19/h1-2H,3,20H2. The van der Waals surface area contributed by atoms with Crippen LogP contribution in [-0.2, 0) is 25.1 Å². The molecule has 0 heterocycles. The van der Waals surface area contributed by atoms with E-state index >= 15 is 0 Å². The van der Waals surface area contributed by atoms with Gasteiger partial charge in [0.25, 0.3) is 0 Å². The molecule has 0 spiro atoms. The summed E-state index contributed by atoms with van der Waals surface area (Å²) in [6.45, 7) is -1.33. The number of alkyl halides is 9. The third kappa shape index (κ3) is 3.17.